The Hall–Kier alpha value is -2.60. The number of fused-ring (bicyclic) bond motifs is 1. The lowest BCUT2D eigenvalue weighted by molar-refractivity contribution is 0.0926. The highest BCUT2D eigenvalue weighted by Gasteiger charge is 2.36. The van der Waals surface area contributed by atoms with Crippen LogP contribution in [0.25, 0.3) is 0 Å². The molecular weight excluding hydrogens is 261 g/mol. The third-order valence-electron chi connectivity index (χ3n) is 3.20. The molecule has 0 fully saturated rings. The van der Waals surface area contributed by atoms with Gasteiger partial charge in [-0.2, -0.15) is 0 Å². The van der Waals surface area contributed by atoms with Gasteiger partial charge in [0.2, 0.25) is 0 Å². The summed E-state index contributed by atoms with van der Waals surface area (Å²) in [7, 11) is 0. The van der Waals surface area contributed by atoms with Crippen molar-refractivity contribution < 1.29 is 14.0 Å². The summed E-state index contributed by atoms with van der Waals surface area (Å²) in [5.41, 5.74) is 6.53. The number of halogens is 1. The van der Waals surface area contributed by atoms with Crippen molar-refractivity contribution >= 4 is 17.5 Å². The fourth-order valence-corrected chi connectivity index (χ4v) is 2.18. The summed E-state index contributed by atoms with van der Waals surface area (Å²) in [5.74, 6) is -1.37. The van der Waals surface area contributed by atoms with Crippen LogP contribution in [0.5, 0.6) is 0 Å². The molecule has 2 amide bonds. The van der Waals surface area contributed by atoms with Crippen LogP contribution >= 0.6 is 0 Å². The number of pyridine rings is 1. The Balaban J connectivity index is 2.09. The highest BCUT2D eigenvalue weighted by Crippen LogP contribution is 2.28. The number of anilines is 1. The molecule has 6 heteroatoms. The SMILES string of the molecule is NCc1cc(N2C(=O)c3ccncc3C2=O)ccc1F. The normalized spacial score (nSPS) is 13.8. The molecule has 0 unspecified atom stereocenters. The second kappa shape index (κ2) is 4.50. The van der Waals surface area contributed by atoms with Crippen molar-refractivity contribution in [3.05, 3.63) is 59.2 Å². The minimum Gasteiger partial charge on any atom is -0.326 e. The van der Waals surface area contributed by atoms with Gasteiger partial charge in [0.15, 0.2) is 0 Å². The van der Waals surface area contributed by atoms with Crippen LogP contribution in [0, 0.1) is 5.82 Å². The van der Waals surface area contributed by atoms with Crippen molar-refractivity contribution in [3.63, 3.8) is 0 Å². The molecule has 2 N–H and O–H groups in total. The first-order valence-electron chi connectivity index (χ1n) is 5.94. The lowest BCUT2D eigenvalue weighted by Crippen LogP contribution is -2.29. The van der Waals surface area contributed by atoms with Gasteiger partial charge in [-0.3, -0.25) is 14.6 Å². The van der Waals surface area contributed by atoms with E-state index in [9.17, 15) is 14.0 Å². The molecule has 100 valence electrons. The van der Waals surface area contributed by atoms with Crippen molar-refractivity contribution in [1.82, 2.24) is 4.98 Å². The number of imide groups is 1. The lowest BCUT2D eigenvalue weighted by Gasteiger charge is -2.15. The summed E-state index contributed by atoms with van der Waals surface area (Å²) in [6.07, 6.45) is 2.80. The molecule has 1 aromatic heterocycles. The van der Waals surface area contributed by atoms with Gasteiger partial charge < -0.3 is 5.73 Å². The number of carbonyl (C=O) groups excluding carboxylic acids is 2. The van der Waals surface area contributed by atoms with Crippen LogP contribution in [0.1, 0.15) is 26.3 Å². The second-order valence-corrected chi connectivity index (χ2v) is 4.35. The zero-order valence-corrected chi connectivity index (χ0v) is 10.3. The first kappa shape index (κ1) is 12.4. The van der Waals surface area contributed by atoms with Gasteiger partial charge >= 0.3 is 0 Å². The number of benzene rings is 1. The van der Waals surface area contributed by atoms with Crippen LogP contribution in [-0.2, 0) is 6.54 Å². The molecule has 0 atom stereocenters. The van der Waals surface area contributed by atoms with E-state index in [1.54, 1.807) is 0 Å². The molecule has 2 aromatic rings. The van der Waals surface area contributed by atoms with E-state index in [-0.39, 0.29) is 17.7 Å². The van der Waals surface area contributed by atoms with Crippen molar-refractivity contribution in [3.8, 4) is 0 Å². The van der Waals surface area contributed by atoms with E-state index < -0.39 is 17.6 Å². The van der Waals surface area contributed by atoms with Gasteiger partial charge in [0, 0.05) is 24.5 Å². The van der Waals surface area contributed by atoms with Gasteiger partial charge in [-0.05, 0) is 24.3 Å². The summed E-state index contributed by atoms with van der Waals surface area (Å²) < 4.78 is 13.4. The molecule has 1 aliphatic rings. The third-order valence-corrected chi connectivity index (χ3v) is 3.20. The topological polar surface area (TPSA) is 76.3 Å². The molecule has 1 aromatic carbocycles. The zero-order valence-electron chi connectivity index (χ0n) is 10.3. The maximum atomic E-state index is 13.4. The Morgan fingerprint density at radius 1 is 1.15 bits per heavy atom. The van der Waals surface area contributed by atoms with Crippen molar-refractivity contribution in [1.29, 1.82) is 0 Å². The molecule has 0 bridgehead atoms. The number of aromatic nitrogens is 1. The Morgan fingerprint density at radius 2 is 1.90 bits per heavy atom. The first-order chi connectivity index (χ1) is 9.63. The Bertz CT molecular complexity index is 695. The Labute approximate surface area is 113 Å². The van der Waals surface area contributed by atoms with Crippen LogP contribution in [0.4, 0.5) is 10.1 Å². The molecular formula is C14H10FN3O2. The van der Waals surface area contributed by atoms with E-state index in [1.807, 2.05) is 0 Å². The number of nitrogens with two attached hydrogens (primary N) is 1. The van der Waals surface area contributed by atoms with Crippen molar-refractivity contribution in [2.45, 2.75) is 6.54 Å². The number of nitrogens with zero attached hydrogens (tertiary/aromatic N) is 2. The number of carbonyl (C=O) groups is 2. The minimum atomic E-state index is -0.465. The molecule has 0 saturated heterocycles. The molecule has 0 saturated carbocycles. The number of hydrogen-bond acceptors (Lipinski definition) is 4. The molecule has 2 heterocycles. The number of hydrogen-bond donors (Lipinski definition) is 1. The number of rotatable bonds is 2. The van der Waals surface area contributed by atoms with Crippen LogP contribution < -0.4 is 10.6 Å². The predicted octanol–water partition coefficient (Wildman–Crippen LogP) is 1.48. The zero-order chi connectivity index (χ0) is 14.3. The van der Waals surface area contributed by atoms with Gasteiger partial charge in [0.1, 0.15) is 5.82 Å². The fourth-order valence-electron chi connectivity index (χ4n) is 2.18. The summed E-state index contributed by atoms with van der Waals surface area (Å²) >= 11 is 0. The molecule has 20 heavy (non-hydrogen) atoms. The standard InChI is InChI=1S/C14H10FN3O2/c15-12-2-1-9(5-8(12)6-16)18-13(19)10-3-4-17-7-11(10)14(18)20/h1-5,7H,6,16H2. The molecule has 0 spiro atoms. The molecule has 1 aliphatic heterocycles. The lowest BCUT2D eigenvalue weighted by atomic mass is 10.1. The van der Waals surface area contributed by atoms with E-state index in [2.05, 4.69) is 4.98 Å². The summed E-state index contributed by atoms with van der Waals surface area (Å²) in [6, 6.07) is 5.47. The largest absolute Gasteiger partial charge is 0.326 e. The van der Waals surface area contributed by atoms with Crippen molar-refractivity contribution in [2.24, 2.45) is 5.73 Å². The number of amides is 2. The predicted molar refractivity (Wildman–Crippen MR) is 69.7 cm³/mol. The van der Waals surface area contributed by atoms with E-state index in [0.29, 0.717) is 11.3 Å². The Morgan fingerprint density at radius 3 is 2.60 bits per heavy atom. The third kappa shape index (κ3) is 1.70. The fraction of sp³-hybridized carbons (Fsp3) is 0.0714. The van der Waals surface area contributed by atoms with Gasteiger partial charge in [-0.25, -0.2) is 9.29 Å². The average molecular weight is 271 g/mol. The molecule has 0 radical (unpaired) electrons. The smallest absolute Gasteiger partial charge is 0.267 e. The maximum Gasteiger partial charge on any atom is 0.267 e. The van der Waals surface area contributed by atoms with Crippen LogP contribution in [0.2, 0.25) is 0 Å². The maximum absolute atomic E-state index is 13.4. The molecule has 0 aliphatic carbocycles. The summed E-state index contributed by atoms with van der Waals surface area (Å²) in [4.78, 5) is 29.3. The van der Waals surface area contributed by atoms with Crippen molar-refractivity contribution in [2.75, 3.05) is 4.90 Å². The summed E-state index contributed by atoms with van der Waals surface area (Å²) in [6.45, 7) is -0.00953. The van der Waals surface area contributed by atoms with Gasteiger partial charge in [0.25, 0.3) is 11.8 Å². The first-order valence-corrected chi connectivity index (χ1v) is 5.94. The van der Waals surface area contributed by atoms with E-state index in [4.69, 9.17) is 5.73 Å². The average Bonchev–Trinajstić information content (AvgIpc) is 2.72. The summed E-state index contributed by atoms with van der Waals surface area (Å²) in [5, 5.41) is 0. The molecule has 5 nitrogen and oxygen atoms in total. The van der Waals surface area contributed by atoms with Crippen LogP contribution in [-0.4, -0.2) is 16.8 Å². The Kier molecular flexibility index (Phi) is 2.80. The minimum absolute atomic E-state index is 0.00953. The van der Waals surface area contributed by atoms with E-state index in [1.165, 1.54) is 36.7 Å². The van der Waals surface area contributed by atoms with Crippen LogP contribution in [0.3, 0.4) is 0 Å². The quantitative estimate of drug-likeness (QED) is 0.839. The van der Waals surface area contributed by atoms with Gasteiger partial charge in [-0.1, -0.05) is 0 Å². The molecule has 3 rings (SSSR count). The van der Waals surface area contributed by atoms with Crippen LogP contribution in [0.15, 0.2) is 36.7 Å². The monoisotopic (exact) mass is 271 g/mol. The highest BCUT2D eigenvalue weighted by atomic mass is 19.1. The second-order valence-electron chi connectivity index (χ2n) is 4.35. The van der Waals surface area contributed by atoms with E-state index >= 15 is 0 Å². The highest BCUT2D eigenvalue weighted by molar-refractivity contribution is 6.34. The van der Waals surface area contributed by atoms with E-state index in [0.717, 1.165) is 4.90 Å². The van der Waals surface area contributed by atoms with Gasteiger partial charge in [-0.15, -0.1) is 0 Å². The van der Waals surface area contributed by atoms with Gasteiger partial charge in [0.05, 0.1) is 16.8 Å².